The van der Waals surface area contributed by atoms with Crippen molar-refractivity contribution in [2.45, 2.75) is 13.5 Å². The van der Waals surface area contributed by atoms with E-state index < -0.39 is 4.92 Å². The molecule has 7 nitrogen and oxygen atoms in total. The van der Waals surface area contributed by atoms with Crippen LogP contribution >= 0.6 is 11.3 Å². The van der Waals surface area contributed by atoms with E-state index in [1.807, 2.05) is 11.5 Å². The van der Waals surface area contributed by atoms with Gasteiger partial charge in [-0.05, 0) is 37.3 Å². The second kappa shape index (κ2) is 6.86. The molecule has 0 N–H and O–H groups in total. The van der Waals surface area contributed by atoms with Gasteiger partial charge in [-0.15, -0.1) is 0 Å². The molecule has 3 rings (SSSR count). The van der Waals surface area contributed by atoms with Crippen molar-refractivity contribution in [1.29, 1.82) is 0 Å². The number of hydrogen-bond donors (Lipinski definition) is 0. The van der Waals surface area contributed by atoms with Gasteiger partial charge in [0.1, 0.15) is 5.75 Å². The molecule has 1 heterocycles. The van der Waals surface area contributed by atoms with Crippen LogP contribution < -0.4 is 9.54 Å². The predicted octanol–water partition coefficient (Wildman–Crippen LogP) is 3.38. The first-order chi connectivity index (χ1) is 12.0. The average Bonchev–Trinajstić information content (AvgIpc) is 2.97. The number of rotatable bonds is 4. The van der Waals surface area contributed by atoms with Crippen molar-refractivity contribution in [2.24, 2.45) is 4.99 Å². The van der Waals surface area contributed by atoms with Gasteiger partial charge in [-0.2, -0.15) is 4.99 Å². The summed E-state index contributed by atoms with van der Waals surface area (Å²) in [5.41, 5.74) is 1.29. The third-order valence-electron chi connectivity index (χ3n) is 3.73. The Labute approximate surface area is 147 Å². The second-order valence-corrected chi connectivity index (χ2v) is 6.19. The van der Waals surface area contributed by atoms with Crippen molar-refractivity contribution in [3.05, 3.63) is 62.9 Å². The van der Waals surface area contributed by atoms with Crippen molar-refractivity contribution in [1.82, 2.24) is 4.57 Å². The molecule has 0 bridgehead atoms. The van der Waals surface area contributed by atoms with E-state index in [1.54, 1.807) is 37.4 Å². The maximum absolute atomic E-state index is 12.4. The van der Waals surface area contributed by atoms with Gasteiger partial charge in [0.05, 0.1) is 22.2 Å². The highest BCUT2D eigenvalue weighted by atomic mass is 32.1. The number of fused-ring (bicyclic) bond motifs is 1. The summed E-state index contributed by atoms with van der Waals surface area (Å²) in [6, 6.07) is 11.3. The first-order valence-electron chi connectivity index (χ1n) is 7.54. The molecule has 8 heteroatoms. The summed E-state index contributed by atoms with van der Waals surface area (Å²) in [5, 5.41) is 10.9. The number of aromatic nitrogens is 1. The summed E-state index contributed by atoms with van der Waals surface area (Å²) in [6.07, 6.45) is 0. The van der Waals surface area contributed by atoms with Crippen LogP contribution in [0.3, 0.4) is 0 Å². The Kier molecular flexibility index (Phi) is 4.62. The Bertz CT molecular complexity index is 1020. The van der Waals surface area contributed by atoms with Gasteiger partial charge in [-0.3, -0.25) is 14.9 Å². The van der Waals surface area contributed by atoms with Crippen LogP contribution in [0, 0.1) is 10.1 Å². The van der Waals surface area contributed by atoms with Gasteiger partial charge in [0, 0.05) is 24.2 Å². The number of benzene rings is 2. The summed E-state index contributed by atoms with van der Waals surface area (Å²) < 4.78 is 7.66. The van der Waals surface area contributed by atoms with Crippen LogP contribution in [0.5, 0.6) is 5.75 Å². The fraction of sp³-hybridized carbons (Fsp3) is 0.176. The lowest BCUT2D eigenvalue weighted by Gasteiger charge is -2.01. The molecule has 25 heavy (non-hydrogen) atoms. The summed E-state index contributed by atoms with van der Waals surface area (Å²) in [6.45, 7) is 2.54. The molecule has 0 aliphatic heterocycles. The van der Waals surface area contributed by atoms with Crippen LogP contribution in [-0.4, -0.2) is 22.5 Å². The van der Waals surface area contributed by atoms with E-state index in [0.29, 0.717) is 22.7 Å². The summed E-state index contributed by atoms with van der Waals surface area (Å²) in [7, 11) is 1.56. The topological polar surface area (TPSA) is 86.7 Å². The molecule has 1 aromatic heterocycles. The van der Waals surface area contributed by atoms with Gasteiger partial charge in [0.25, 0.3) is 11.6 Å². The van der Waals surface area contributed by atoms with E-state index >= 15 is 0 Å². The van der Waals surface area contributed by atoms with Crippen molar-refractivity contribution in [2.75, 3.05) is 7.11 Å². The van der Waals surface area contributed by atoms with Crippen LogP contribution in [0.2, 0.25) is 0 Å². The maximum Gasteiger partial charge on any atom is 0.279 e. The van der Waals surface area contributed by atoms with Crippen molar-refractivity contribution in [3.63, 3.8) is 0 Å². The van der Waals surface area contributed by atoms with Gasteiger partial charge < -0.3 is 9.30 Å². The Morgan fingerprint density at radius 3 is 2.60 bits per heavy atom. The summed E-state index contributed by atoms with van der Waals surface area (Å²) in [4.78, 5) is 27.6. The largest absolute Gasteiger partial charge is 0.497 e. The number of nitro benzene ring substituents is 1. The van der Waals surface area contributed by atoms with E-state index in [1.165, 1.54) is 23.5 Å². The maximum atomic E-state index is 12.4. The number of amides is 1. The molecule has 0 fully saturated rings. The van der Waals surface area contributed by atoms with Gasteiger partial charge >= 0.3 is 0 Å². The van der Waals surface area contributed by atoms with Crippen molar-refractivity contribution < 1.29 is 14.5 Å². The van der Waals surface area contributed by atoms with E-state index in [4.69, 9.17) is 4.74 Å². The lowest BCUT2D eigenvalue weighted by atomic mass is 10.2. The zero-order chi connectivity index (χ0) is 18.0. The summed E-state index contributed by atoms with van der Waals surface area (Å²) >= 11 is 1.26. The number of non-ortho nitro benzene ring substituents is 1. The third kappa shape index (κ3) is 3.29. The number of aryl methyl sites for hydroxylation is 1. The molecule has 3 aromatic rings. The molecule has 0 aliphatic carbocycles. The molecule has 0 unspecified atom stereocenters. The zero-order valence-corrected chi connectivity index (χ0v) is 14.4. The molecule has 2 aromatic carbocycles. The molecular formula is C17H15N3O4S. The minimum atomic E-state index is -0.436. The summed E-state index contributed by atoms with van der Waals surface area (Å²) in [5.74, 6) is 0.292. The highest BCUT2D eigenvalue weighted by Gasteiger charge is 2.12. The second-order valence-electron chi connectivity index (χ2n) is 5.18. The fourth-order valence-corrected chi connectivity index (χ4v) is 3.58. The number of nitrogens with zero attached hydrogens (tertiary/aromatic N) is 3. The normalized spacial score (nSPS) is 11.7. The number of hydrogen-bond acceptors (Lipinski definition) is 5. The van der Waals surface area contributed by atoms with Crippen molar-refractivity contribution >= 4 is 33.1 Å². The smallest absolute Gasteiger partial charge is 0.279 e. The highest BCUT2D eigenvalue weighted by molar-refractivity contribution is 7.16. The van der Waals surface area contributed by atoms with Gasteiger partial charge in [0.15, 0.2) is 4.80 Å². The quantitative estimate of drug-likeness (QED) is 0.529. The number of thiazole rings is 1. The first-order valence-corrected chi connectivity index (χ1v) is 8.36. The SMILES string of the molecule is CCn1c(=NC(=O)c2ccc(OC)cc2)sc2cc([N+](=O)[O-])ccc21. The Morgan fingerprint density at radius 1 is 1.28 bits per heavy atom. The monoisotopic (exact) mass is 357 g/mol. The lowest BCUT2D eigenvalue weighted by Crippen LogP contribution is -2.15. The molecule has 1 amide bonds. The first kappa shape index (κ1) is 16.8. The van der Waals surface area contributed by atoms with E-state index in [9.17, 15) is 14.9 Å². The zero-order valence-electron chi connectivity index (χ0n) is 13.6. The van der Waals surface area contributed by atoms with Crippen LogP contribution in [0.15, 0.2) is 47.5 Å². The number of carbonyl (C=O) groups is 1. The number of nitro groups is 1. The third-order valence-corrected chi connectivity index (χ3v) is 4.77. The van der Waals surface area contributed by atoms with Crippen LogP contribution in [-0.2, 0) is 6.54 Å². The van der Waals surface area contributed by atoms with Gasteiger partial charge in [0.2, 0.25) is 0 Å². The average molecular weight is 357 g/mol. The Hall–Kier alpha value is -3.00. The molecule has 0 saturated carbocycles. The molecule has 0 saturated heterocycles. The standard InChI is InChI=1S/C17H15N3O4S/c1-3-19-14-9-6-12(20(22)23)10-15(14)25-17(19)18-16(21)11-4-7-13(24-2)8-5-11/h4-10H,3H2,1-2H3. The van der Waals surface area contributed by atoms with Gasteiger partial charge in [-0.1, -0.05) is 11.3 Å². The highest BCUT2D eigenvalue weighted by Crippen LogP contribution is 2.23. The minimum Gasteiger partial charge on any atom is -0.497 e. The lowest BCUT2D eigenvalue weighted by molar-refractivity contribution is -0.384. The predicted molar refractivity (Wildman–Crippen MR) is 95.0 cm³/mol. The Balaban J connectivity index is 2.07. The molecule has 0 spiro atoms. The fourth-order valence-electron chi connectivity index (χ4n) is 2.45. The molecule has 0 aliphatic rings. The van der Waals surface area contributed by atoms with E-state index in [0.717, 1.165) is 10.2 Å². The molecule has 128 valence electrons. The molecule has 0 atom stereocenters. The number of methoxy groups -OCH3 is 1. The van der Waals surface area contributed by atoms with E-state index in [2.05, 4.69) is 4.99 Å². The van der Waals surface area contributed by atoms with Crippen LogP contribution in [0.25, 0.3) is 10.2 Å². The van der Waals surface area contributed by atoms with E-state index in [-0.39, 0.29) is 11.6 Å². The van der Waals surface area contributed by atoms with Crippen LogP contribution in [0.1, 0.15) is 17.3 Å². The number of carbonyl (C=O) groups excluding carboxylic acids is 1. The minimum absolute atomic E-state index is 0.0185. The van der Waals surface area contributed by atoms with Crippen molar-refractivity contribution in [3.8, 4) is 5.75 Å². The van der Waals surface area contributed by atoms with Gasteiger partial charge in [-0.25, -0.2) is 0 Å². The molecule has 0 radical (unpaired) electrons. The van der Waals surface area contributed by atoms with Crippen LogP contribution in [0.4, 0.5) is 5.69 Å². The number of ether oxygens (including phenoxy) is 1. The Morgan fingerprint density at radius 2 is 2.00 bits per heavy atom. The molecular weight excluding hydrogens is 342 g/mol.